The summed E-state index contributed by atoms with van der Waals surface area (Å²) in [6.45, 7) is 2.65. The van der Waals surface area contributed by atoms with Gasteiger partial charge >= 0.3 is 0 Å². The lowest BCUT2D eigenvalue weighted by atomic mass is 10.1. The summed E-state index contributed by atoms with van der Waals surface area (Å²) in [6, 6.07) is 2.52. The second kappa shape index (κ2) is 6.46. The Balaban J connectivity index is 1.80. The topological polar surface area (TPSA) is 77.7 Å². The number of nitrogens with zero attached hydrogens (tertiary/aromatic N) is 3. The van der Waals surface area contributed by atoms with Gasteiger partial charge in [-0.15, -0.1) is 0 Å². The maximum Gasteiger partial charge on any atom is 0.256 e. The summed E-state index contributed by atoms with van der Waals surface area (Å²) in [5, 5.41) is 3.77. The largest absolute Gasteiger partial charge is 0.493 e. The molecule has 1 atom stereocenters. The van der Waals surface area contributed by atoms with Crippen molar-refractivity contribution in [2.75, 3.05) is 27.3 Å². The van der Waals surface area contributed by atoms with Crippen molar-refractivity contribution in [1.82, 2.24) is 15.0 Å². The molecule has 2 aromatic rings. The van der Waals surface area contributed by atoms with E-state index in [2.05, 4.69) is 10.1 Å². The van der Waals surface area contributed by atoms with Crippen LogP contribution in [0.2, 0.25) is 0 Å². The first kappa shape index (κ1) is 16.2. The summed E-state index contributed by atoms with van der Waals surface area (Å²) in [4.78, 5) is 18.4. The molecule has 0 aliphatic carbocycles. The fourth-order valence-corrected chi connectivity index (χ4v) is 2.81. The lowest BCUT2D eigenvalue weighted by Gasteiger charge is -2.17. The Morgan fingerprint density at radius 2 is 2.04 bits per heavy atom. The molecule has 0 N–H and O–H groups in total. The number of hydrogen-bond acceptors (Lipinski definition) is 6. The number of benzene rings is 1. The first-order valence-electron chi connectivity index (χ1n) is 7.54. The third-order valence-electron chi connectivity index (χ3n) is 4.07. The number of likely N-dealkylation sites (tertiary alicyclic amines) is 1. The molecule has 1 aromatic carbocycles. The normalized spacial score (nSPS) is 17.2. The lowest BCUT2D eigenvalue weighted by Crippen LogP contribution is -2.29. The molecule has 2 heterocycles. The molecule has 3 rings (SSSR count). The van der Waals surface area contributed by atoms with Crippen LogP contribution in [0.5, 0.6) is 11.5 Å². The monoisotopic (exact) mass is 335 g/mol. The van der Waals surface area contributed by atoms with E-state index in [9.17, 15) is 9.18 Å². The van der Waals surface area contributed by atoms with Gasteiger partial charge in [0, 0.05) is 19.2 Å². The first-order valence-corrected chi connectivity index (χ1v) is 7.54. The van der Waals surface area contributed by atoms with Gasteiger partial charge in [-0.25, -0.2) is 4.39 Å². The Kier molecular flexibility index (Phi) is 4.37. The van der Waals surface area contributed by atoms with Gasteiger partial charge in [0.05, 0.1) is 25.7 Å². The number of amides is 1. The number of aryl methyl sites for hydroxylation is 1. The molecule has 1 unspecified atom stereocenters. The van der Waals surface area contributed by atoms with Gasteiger partial charge in [-0.2, -0.15) is 4.98 Å². The minimum atomic E-state index is -0.644. The van der Waals surface area contributed by atoms with Crippen molar-refractivity contribution in [2.24, 2.45) is 0 Å². The molecule has 1 amide bonds. The smallest absolute Gasteiger partial charge is 0.256 e. The SMILES string of the molecule is COc1cc(F)c(C(=O)N2CCC(c3nc(C)no3)C2)cc1OC. The maximum absolute atomic E-state index is 14.3. The number of halogens is 1. The maximum atomic E-state index is 14.3. The number of methoxy groups -OCH3 is 2. The summed E-state index contributed by atoms with van der Waals surface area (Å²) in [6.07, 6.45) is 0.697. The molecular weight excluding hydrogens is 317 g/mol. The third kappa shape index (κ3) is 2.91. The number of ether oxygens (including phenoxy) is 2. The van der Waals surface area contributed by atoms with E-state index in [0.29, 0.717) is 37.0 Å². The van der Waals surface area contributed by atoms with Gasteiger partial charge in [0.15, 0.2) is 17.3 Å². The fourth-order valence-electron chi connectivity index (χ4n) is 2.81. The third-order valence-corrected chi connectivity index (χ3v) is 4.07. The molecule has 0 radical (unpaired) electrons. The predicted octanol–water partition coefficient (Wildman–Crippen LogP) is 2.16. The highest BCUT2D eigenvalue weighted by molar-refractivity contribution is 5.95. The zero-order chi connectivity index (χ0) is 17.3. The van der Waals surface area contributed by atoms with Gasteiger partial charge in [0.1, 0.15) is 5.82 Å². The molecular formula is C16H18FN3O4. The van der Waals surface area contributed by atoms with E-state index in [4.69, 9.17) is 14.0 Å². The van der Waals surface area contributed by atoms with Crippen LogP contribution in [0, 0.1) is 12.7 Å². The molecule has 1 aliphatic heterocycles. The number of carbonyl (C=O) groups is 1. The molecule has 1 saturated heterocycles. The van der Waals surface area contributed by atoms with Crippen molar-refractivity contribution in [3.05, 3.63) is 35.2 Å². The number of aromatic nitrogens is 2. The highest BCUT2D eigenvalue weighted by atomic mass is 19.1. The van der Waals surface area contributed by atoms with Crippen LogP contribution in [0.15, 0.2) is 16.7 Å². The second-order valence-corrected chi connectivity index (χ2v) is 5.60. The van der Waals surface area contributed by atoms with Crippen LogP contribution >= 0.6 is 0 Å². The van der Waals surface area contributed by atoms with Crippen molar-refractivity contribution in [1.29, 1.82) is 0 Å². The Labute approximate surface area is 138 Å². The molecule has 1 aliphatic rings. The van der Waals surface area contributed by atoms with Gasteiger partial charge in [0.2, 0.25) is 5.89 Å². The number of carbonyl (C=O) groups excluding carboxylic acids is 1. The Morgan fingerprint density at radius 3 is 2.67 bits per heavy atom. The van der Waals surface area contributed by atoms with Crippen LogP contribution in [0.4, 0.5) is 4.39 Å². The first-order chi connectivity index (χ1) is 11.5. The van der Waals surface area contributed by atoms with Crippen molar-refractivity contribution in [3.8, 4) is 11.5 Å². The molecule has 1 aromatic heterocycles. The summed E-state index contributed by atoms with van der Waals surface area (Å²) >= 11 is 0. The van der Waals surface area contributed by atoms with E-state index < -0.39 is 11.7 Å². The molecule has 8 heteroatoms. The minimum absolute atomic E-state index is 0.0293. The molecule has 0 saturated carbocycles. The van der Waals surface area contributed by atoms with Gasteiger partial charge in [-0.3, -0.25) is 4.79 Å². The van der Waals surface area contributed by atoms with Crippen molar-refractivity contribution in [3.63, 3.8) is 0 Å². The predicted molar refractivity (Wildman–Crippen MR) is 81.8 cm³/mol. The zero-order valence-corrected chi connectivity index (χ0v) is 13.7. The van der Waals surface area contributed by atoms with E-state index in [1.807, 2.05) is 0 Å². The van der Waals surface area contributed by atoms with E-state index in [0.717, 1.165) is 6.07 Å². The summed E-state index contributed by atoms with van der Waals surface area (Å²) in [7, 11) is 2.85. The number of rotatable bonds is 4. The quantitative estimate of drug-likeness (QED) is 0.852. The highest BCUT2D eigenvalue weighted by Gasteiger charge is 2.32. The van der Waals surface area contributed by atoms with Crippen LogP contribution in [0.25, 0.3) is 0 Å². The average molecular weight is 335 g/mol. The molecule has 128 valence electrons. The van der Waals surface area contributed by atoms with Crippen LogP contribution in [0.1, 0.15) is 34.4 Å². The van der Waals surface area contributed by atoms with Crippen LogP contribution in [-0.2, 0) is 0 Å². The van der Waals surface area contributed by atoms with Crippen molar-refractivity contribution >= 4 is 5.91 Å². The average Bonchev–Trinajstić information content (AvgIpc) is 3.22. The van der Waals surface area contributed by atoms with Crippen molar-refractivity contribution in [2.45, 2.75) is 19.3 Å². The molecule has 0 spiro atoms. The molecule has 1 fully saturated rings. The summed E-state index contributed by atoms with van der Waals surface area (Å²) in [5.41, 5.74) is -0.0463. The Hall–Kier alpha value is -2.64. The van der Waals surface area contributed by atoms with Crippen LogP contribution in [-0.4, -0.2) is 48.3 Å². The van der Waals surface area contributed by atoms with Gasteiger partial charge < -0.3 is 18.9 Å². The molecule has 7 nitrogen and oxygen atoms in total. The van der Waals surface area contributed by atoms with Crippen LogP contribution < -0.4 is 9.47 Å². The minimum Gasteiger partial charge on any atom is -0.493 e. The fraction of sp³-hybridized carbons (Fsp3) is 0.438. The zero-order valence-electron chi connectivity index (χ0n) is 13.7. The van der Waals surface area contributed by atoms with E-state index in [1.54, 1.807) is 11.8 Å². The summed E-state index contributed by atoms with van der Waals surface area (Å²) < 4.78 is 29.6. The standard InChI is InChI=1S/C16H18FN3O4/c1-9-18-15(24-19-9)10-4-5-20(8-10)16(21)11-6-13(22-2)14(23-3)7-12(11)17/h6-7,10H,4-5,8H2,1-3H3. The van der Waals surface area contributed by atoms with E-state index in [-0.39, 0.29) is 17.2 Å². The second-order valence-electron chi connectivity index (χ2n) is 5.60. The molecule has 0 bridgehead atoms. The van der Waals surface area contributed by atoms with Crippen LogP contribution in [0.3, 0.4) is 0 Å². The van der Waals surface area contributed by atoms with E-state index >= 15 is 0 Å². The Morgan fingerprint density at radius 1 is 1.33 bits per heavy atom. The number of hydrogen-bond donors (Lipinski definition) is 0. The highest BCUT2D eigenvalue weighted by Crippen LogP contribution is 2.32. The lowest BCUT2D eigenvalue weighted by molar-refractivity contribution is 0.0784. The summed E-state index contributed by atoms with van der Waals surface area (Å²) in [5.74, 6) is 0.550. The van der Waals surface area contributed by atoms with Gasteiger partial charge in [-0.05, 0) is 19.4 Å². The van der Waals surface area contributed by atoms with Crippen molar-refractivity contribution < 1.29 is 23.2 Å². The van der Waals surface area contributed by atoms with E-state index in [1.165, 1.54) is 20.3 Å². The molecule has 24 heavy (non-hydrogen) atoms. The Bertz CT molecular complexity index is 762. The van der Waals surface area contributed by atoms with Gasteiger partial charge in [0.25, 0.3) is 5.91 Å². The van der Waals surface area contributed by atoms with Gasteiger partial charge in [-0.1, -0.05) is 5.16 Å².